The van der Waals surface area contributed by atoms with Crippen LogP contribution in [0.15, 0.2) is 5.38 Å². The molecule has 0 aromatic carbocycles. The maximum atomic E-state index is 6.50. The number of nitrogens with zero attached hydrogens (tertiary/aromatic N) is 1. The normalized spacial score (nSPS) is 29.4. The second kappa shape index (κ2) is 6.33. The molecule has 0 saturated heterocycles. The van der Waals surface area contributed by atoms with E-state index < -0.39 is 0 Å². The molecule has 1 atom stereocenters. The van der Waals surface area contributed by atoms with Crippen molar-refractivity contribution in [2.24, 2.45) is 11.7 Å². The summed E-state index contributed by atoms with van der Waals surface area (Å²) in [7, 11) is 0. The van der Waals surface area contributed by atoms with Crippen LogP contribution in [0.3, 0.4) is 0 Å². The molecule has 1 saturated carbocycles. The molecule has 1 fully saturated rings. The molecule has 108 valence electrons. The lowest BCUT2D eigenvalue weighted by atomic mass is 9.74. The van der Waals surface area contributed by atoms with Crippen LogP contribution in [0.1, 0.15) is 50.2 Å². The van der Waals surface area contributed by atoms with Crippen LogP contribution in [0.2, 0.25) is 0 Å². The van der Waals surface area contributed by atoms with Crippen molar-refractivity contribution in [1.29, 1.82) is 0 Å². The molecule has 1 aliphatic rings. The lowest BCUT2D eigenvalue weighted by Gasteiger charge is -2.43. The van der Waals surface area contributed by atoms with Crippen LogP contribution in [0.4, 0.5) is 0 Å². The van der Waals surface area contributed by atoms with Gasteiger partial charge in [-0.1, -0.05) is 6.92 Å². The SMILES string of the molecule is CCOC1(C(N)Cc2nc(C)cs2)CCC(C)CC1. The summed E-state index contributed by atoms with van der Waals surface area (Å²) in [6.07, 6.45) is 5.48. The number of thiazole rings is 1. The topological polar surface area (TPSA) is 48.1 Å². The van der Waals surface area contributed by atoms with Crippen molar-refractivity contribution in [3.05, 3.63) is 16.1 Å². The van der Waals surface area contributed by atoms with Crippen molar-refractivity contribution in [2.45, 2.75) is 64.5 Å². The van der Waals surface area contributed by atoms with Crippen LogP contribution >= 0.6 is 11.3 Å². The van der Waals surface area contributed by atoms with E-state index in [-0.39, 0.29) is 11.6 Å². The fraction of sp³-hybridized carbons (Fsp3) is 0.800. The highest BCUT2D eigenvalue weighted by Gasteiger charge is 2.40. The van der Waals surface area contributed by atoms with Gasteiger partial charge in [0.05, 0.1) is 10.6 Å². The van der Waals surface area contributed by atoms with Crippen LogP contribution in [-0.2, 0) is 11.2 Å². The quantitative estimate of drug-likeness (QED) is 0.901. The summed E-state index contributed by atoms with van der Waals surface area (Å²) in [6.45, 7) is 7.18. The van der Waals surface area contributed by atoms with Crippen molar-refractivity contribution in [3.8, 4) is 0 Å². The van der Waals surface area contributed by atoms with Crippen LogP contribution in [0.25, 0.3) is 0 Å². The number of hydrogen-bond acceptors (Lipinski definition) is 4. The monoisotopic (exact) mass is 282 g/mol. The van der Waals surface area contributed by atoms with E-state index in [4.69, 9.17) is 10.5 Å². The van der Waals surface area contributed by atoms with Gasteiger partial charge in [0.1, 0.15) is 0 Å². The Morgan fingerprint density at radius 2 is 2.21 bits per heavy atom. The van der Waals surface area contributed by atoms with E-state index in [2.05, 4.69) is 24.2 Å². The Morgan fingerprint density at radius 1 is 1.53 bits per heavy atom. The highest BCUT2D eigenvalue weighted by atomic mass is 32.1. The van der Waals surface area contributed by atoms with Crippen molar-refractivity contribution in [2.75, 3.05) is 6.61 Å². The Hall–Kier alpha value is -0.450. The van der Waals surface area contributed by atoms with E-state index in [1.54, 1.807) is 11.3 Å². The van der Waals surface area contributed by atoms with Crippen molar-refractivity contribution in [1.82, 2.24) is 4.98 Å². The zero-order valence-corrected chi connectivity index (χ0v) is 13.1. The molecule has 1 aromatic rings. The van der Waals surface area contributed by atoms with Gasteiger partial charge >= 0.3 is 0 Å². The molecule has 0 aliphatic heterocycles. The molecule has 3 nitrogen and oxygen atoms in total. The number of nitrogens with two attached hydrogens (primary N) is 1. The summed E-state index contributed by atoms with van der Waals surface area (Å²) in [5.41, 5.74) is 7.47. The molecule has 1 aromatic heterocycles. The van der Waals surface area contributed by atoms with Crippen LogP contribution in [0.5, 0.6) is 0 Å². The molecule has 4 heteroatoms. The van der Waals surface area contributed by atoms with Gasteiger partial charge in [0.2, 0.25) is 0 Å². The lowest BCUT2D eigenvalue weighted by molar-refractivity contribution is -0.0883. The molecular formula is C15H26N2OS. The van der Waals surface area contributed by atoms with E-state index in [1.165, 1.54) is 12.8 Å². The highest BCUT2D eigenvalue weighted by molar-refractivity contribution is 7.09. The summed E-state index contributed by atoms with van der Waals surface area (Å²) in [4.78, 5) is 4.53. The number of hydrogen-bond donors (Lipinski definition) is 1. The van der Waals surface area contributed by atoms with Gasteiger partial charge in [0.15, 0.2) is 0 Å². The first kappa shape index (κ1) is 14.9. The molecule has 1 aliphatic carbocycles. The largest absolute Gasteiger partial charge is 0.374 e. The summed E-state index contributed by atoms with van der Waals surface area (Å²) in [5.74, 6) is 0.808. The summed E-state index contributed by atoms with van der Waals surface area (Å²) >= 11 is 1.71. The molecular weight excluding hydrogens is 256 g/mol. The Morgan fingerprint density at radius 3 is 2.74 bits per heavy atom. The standard InChI is InChI=1S/C15H26N2OS/c1-4-18-15(7-5-11(2)6-8-15)13(16)9-14-17-12(3)10-19-14/h10-11,13H,4-9,16H2,1-3H3. The molecule has 0 bridgehead atoms. The minimum Gasteiger partial charge on any atom is -0.374 e. The van der Waals surface area contributed by atoms with Gasteiger partial charge in [-0.05, 0) is 45.4 Å². The lowest BCUT2D eigenvalue weighted by Crippen LogP contribution is -2.53. The zero-order chi connectivity index (χ0) is 13.9. The Bertz CT molecular complexity index is 397. The van der Waals surface area contributed by atoms with Crippen LogP contribution in [-0.4, -0.2) is 23.2 Å². The smallest absolute Gasteiger partial charge is 0.0944 e. The van der Waals surface area contributed by atoms with Gasteiger partial charge in [-0.15, -0.1) is 11.3 Å². The Labute approximate surface area is 120 Å². The fourth-order valence-electron chi connectivity index (χ4n) is 3.03. The maximum absolute atomic E-state index is 6.50. The number of aryl methyl sites for hydroxylation is 1. The van der Waals surface area contributed by atoms with E-state index in [0.717, 1.165) is 42.5 Å². The summed E-state index contributed by atoms with van der Waals surface area (Å²) in [6, 6.07) is 0.0606. The predicted molar refractivity (Wildman–Crippen MR) is 80.5 cm³/mol. The molecule has 0 radical (unpaired) electrons. The Balaban J connectivity index is 2.05. The third-order valence-electron chi connectivity index (χ3n) is 4.29. The molecule has 0 spiro atoms. The van der Waals surface area contributed by atoms with Crippen LogP contribution in [0, 0.1) is 12.8 Å². The van der Waals surface area contributed by atoms with E-state index in [0.29, 0.717) is 0 Å². The minimum absolute atomic E-state index is 0.0606. The molecule has 2 N–H and O–H groups in total. The summed E-state index contributed by atoms with van der Waals surface area (Å²) in [5, 5.41) is 3.24. The number of ether oxygens (including phenoxy) is 1. The second-order valence-corrected chi connectivity index (χ2v) is 6.82. The number of aromatic nitrogens is 1. The predicted octanol–water partition coefficient (Wildman–Crippen LogP) is 3.31. The van der Waals surface area contributed by atoms with Crippen LogP contribution < -0.4 is 5.73 Å². The third-order valence-corrected chi connectivity index (χ3v) is 5.28. The highest BCUT2D eigenvalue weighted by Crippen LogP contribution is 2.37. The second-order valence-electron chi connectivity index (χ2n) is 5.87. The van der Waals surface area contributed by atoms with Gasteiger partial charge in [-0.25, -0.2) is 4.98 Å². The molecule has 1 heterocycles. The van der Waals surface area contributed by atoms with Gasteiger partial charge < -0.3 is 10.5 Å². The molecule has 2 rings (SSSR count). The van der Waals surface area contributed by atoms with Gasteiger partial charge in [-0.3, -0.25) is 0 Å². The fourth-order valence-corrected chi connectivity index (χ4v) is 3.86. The van der Waals surface area contributed by atoms with Crippen molar-refractivity contribution < 1.29 is 4.74 Å². The zero-order valence-electron chi connectivity index (χ0n) is 12.3. The first-order valence-corrected chi connectivity index (χ1v) is 8.24. The maximum Gasteiger partial charge on any atom is 0.0944 e. The van der Waals surface area contributed by atoms with E-state index in [1.807, 2.05) is 6.92 Å². The molecule has 1 unspecified atom stereocenters. The van der Waals surface area contributed by atoms with Gasteiger partial charge in [0.25, 0.3) is 0 Å². The van der Waals surface area contributed by atoms with Gasteiger partial charge in [0, 0.05) is 30.1 Å². The summed E-state index contributed by atoms with van der Waals surface area (Å²) < 4.78 is 6.11. The first-order chi connectivity index (χ1) is 9.05. The average molecular weight is 282 g/mol. The van der Waals surface area contributed by atoms with Gasteiger partial charge in [-0.2, -0.15) is 0 Å². The minimum atomic E-state index is -0.124. The Kier molecular flexibility index (Phi) is 4.98. The van der Waals surface area contributed by atoms with Crippen molar-refractivity contribution in [3.63, 3.8) is 0 Å². The first-order valence-electron chi connectivity index (χ1n) is 7.36. The molecule has 19 heavy (non-hydrogen) atoms. The van der Waals surface area contributed by atoms with E-state index in [9.17, 15) is 0 Å². The third kappa shape index (κ3) is 3.56. The van der Waals surface area contributed by atoms with E-state index >= 15 is 0 Å². The average Bonchev–Trinajstić information content (AvgIpc) is 2.78. The number of rotatable bonds is 5. The molecule has 0 amide bonds. The van der Waals surface area contributed by atoms with Crippen molar-refractivity contribution >= 4 is 11.3 Å².